The van der Waals surface area contributed by atoms with Gasteiger partial charge in [-0.3, -0.25) is 24.0 Å². The Morgan fingerprint density at radius 2 is 1.68 bits per heavy atom. The van der Waals surface area contributed by atoms with Gasteiger partial charge in [-0.25, -0.2) is 22.9 Å². The van der Waals surface area contributed by atoms with Crippen molar-refractivity contribution < 1.29 is 32.6 Å². The van der Waals surface area contributed by atoms with Crippen LogP contribution in [0.5, 0.6) is 0 Å². The monoisotopic (exact) mass is 977 g/mol. The zero-order valence-corrected chi connectivity index (χ0v) is 41.0. The van der Waals surface area contributed by atoms with E-state index in [1.807, 2.05) is 87.8 Å². The highest BCUT2D eigenvalue weighted by atomic mass is 32.2. The number of carbonyl (C=O) groups excluding carboxylic acids is 3. The molecule has 3 amide bonds. The average Bonchev–Trinajstić information content (AvgIpc) is 4.06. The highest BCUT2D eigenvalue weighted by Gasteiger charge is 2.44. The molecule has 5 heterocycles. The highest BCUT2D eigenvalue weighted by Crippen LogP contribution is 2.30. The van der Waals surface area contributed by atoms with Gasteiger partial charge in [0.25, 0.3) is 0 Å². The minimum Gasteiger partial charge on any atom is -0.391 e. The van der Waals surface area contributed by atoms with E-state index in [2.05, 4.69) is 52.6 Å². The predicted molar refractivity (Wildman–Crippen MR) is 268 cm³/mol. The maximum absolute atomic E-state index is 14.1. The Morgan fingerprint density at radius 3 is 2.38 bits per heavy atom. The van der Waals surface area contributed by atoms with Gasteiger partial charge in [0.05, 0.1) is 52.5 Å². The molecule has 18 nitrogen and oxygen atoms in total. The largest absolute Gasteiger partial charge is 0.391 e. The molecule has 2 fully saturated rings. The number of aromatic nitrogens is 4. The summed E-state index contributed by atoms with van der Waals surface area (Å²) >= 11 is 1.57. The molecule has 2 saturated heterocycles. The zero-order valence-electron chi connectivity index (χ0n) is 39.4. The first-order valence-electron chi connectivity index (χ1n) is 22.9. The third-order valence-corrected chi connectivity index (χ3v) is 13.8. The van der Waals surface area contributed by atoms with Crippen LogP contribution in [0.3, 0.4) is 0 Å². The smallest absolute Gasteiger partial charge is 0.246 e. The van der Waals surface area contributed by atoms with Gasteiger partial charge in [0.15, 0.2) is 0 Å². The van der Waals surface area contributed by atoms with Crippen LogP contribution in [0.15, 0.2) is 96.6 Å². The quantitative estimate of drug-likeness (QED) is 0.0771. The molecule has 3 aromatic carbocycles. The van der Waals surface area contributed by atoms with Gasteiger partial charge in [0.1, 0.15) is 18.7 Å². The second kappa shape index (κ2) is 21.0. The molecule has 69 heavy (non-hydrogen) atoms. The maximum Gasteiger partial charge on any atom is 0.246 e. The lowest BCUT2D eigenvalue weighted by atomic mass is 9.85. The number of thiazole rings is 1. The number of sulfonamides is 1. The van der Waals surface area contributed by atoms with Crippen molar-refractivity contribution >= 4 is 67.6 Å². The van der Waals surface area contributed by atoms with Gasteiger partial charge in [-0.1, -0.05) is 57.2 Å². The molecule has 2 aliphatic rings. The van der Waals surface area contributed by atoms with E-state index in [0.717, 1.165) is 82.3 Å². The summed E-state index contributed by atoms with van der Waals surface area (Å²) in [6, 6.07) is 25.1. The molecule has 3 atom stereocenters. The van der Waals surface area contributed by atoms with Crippen LogP contribution >= 0.6 is 11.3 Å². The summed E-state index contributed by atoms with van der Waals surface area (Å²) < 4.78 is 33.7. The van der Waals surface area contributed by atoms with Gasteiger partial charge in [-0.15, -0.1) is 16.4 Å². The lowest BCUT2D eigenvalue weighted by Gasteiger charge is -2.36. The molecular formula is C49H59N11O7S2. The number of aryl methyl sites for hydroxylation is 1. The fourth-order valence-electron chi connectivity index (χ4n) is 8.59. The summed E-state index contributed by atoms with van der Waals surface area (Å²) in [5.74, 6) is -0.813. The molecule has 2 aliphatic heterocycles. The molecule has 0 unspecified atom stereocenters. The Bertz CT molecular complexity index is 2880. The van der Waals surface area contributed by atoms with Gasteiger partial charge in [0.2, 0.25) is 33.7 Å². The van der Waals surface area contributed by atoms with Crippen LogP contribution in [0.1, 0.15) is 38.4 Å². The van der Waals surface area contributed by atoms with Crippen molar-refractivity contribution in [3.63, 3.8) is 0 Å². The Kier molecular flexibility index (Phi) is 14.9. The molecule has 5 N–H and O–H groups in total. The number of β-amino-alcohol motifs (C(OH)–C–C–N with tert-alkyl or cyclic N) is 1. The first kappa shape index (κ1) is 49.0. The summed E-state index contributed by atoms with van der Waals surface area (Å²) in [7, 11) is -3.42. The predicted octanol–water partition coefficient (Wildman–Crippen LogP) is 4.89. The summed E-state index contributed by atoms with van der Waals surface area (Å²) in [5, 5.41) is 24.4. The Balaban J connectivity index is 0.768. The van der Waals surface area contributed by atoms with Crippen LogP contribution < -0.4 is 25.6 Å². The maximum atomic E-state index is 14.1. The van der Waals surface area contributed by atoms with Gasteiger partial charge < -0.3 is 35.6 Å². The molecular weight excluding hydrogens is 919 g/mol. The molecule has 6 aromatic rings. The van der Waals surface area contributed by atoms with E-state index in [1.165, 1.54) is 4.90 Å². The van der Waals surface area contributed by atoms with Crippen molar-refractivity contribution in [2.45, 2.75) is 58.8 Å². The normalized spacial score (nSPS) is 17.2. The molecule has 8 rings (SSSR count). The van der Waals surface area contributed by atoms with Crippen molar-refractivity contribution in [2.75, 3.05) is 73.7 Å². The van der Waals surface area contributed by atoms with Crippen molar-refractivity contribution in [3.05, 3.63) is 108 Å². The number of rotatable bonds is 17. The fourth-order valence-corrected chi connectivity index (χ4v) is 9.96. The summed E-state index contributed by atoms with van der Waals surface area (Å²) in [6.07, 6.45) is 2.08. The number of aliphatic hydroxyl groups excluding tert-OH is 1. The lowest BCUT2D eigenvalue weighted by Crippen LogP contribution is -2.58. The third-order valence-electron chi connectivity index (χ3n) is 12.2. The standard InChI is InChI=1S/C49H59N11O7S2/c1-32-44(68-31-52-32)34-11-9-33(10-12-34)27-50-46(63)42-26-40(61)29-59(42)47(64)45(49(2,3)4)54-43(62)30-67-24-23-57-19-21-58(22-20-57)38-15-13-36(14-16-38)53-48-51-28-39-17-18-41(60(39)55-48)35-7-6-8-37(25-35)56-69(5,65)66/h6-18,25,28,31,40,42,45,56,61H,19-24,26-27,29-30H2,1-5H3,(H,50,63)(H,53,55)(H,54,62)/t40-,42+,45-/m1/s1. The van der Waals surface area contributed by atoms with Crippen molar-refractivity contribution in [1.82, 2.24) is 40.0 Å². The van der Waals surface area contributed by atoms with Crippen LogP contribution in [0.2, 0.25) is 0 Å². The topological polar surface area (TPSA) is 216 Å². The number of likely N-dealkylation sites (tertiary alicyclic amines) is 1. The molecule has 0 spiro atoms. The number of nitrogens with zero attached hydrogens (tertiary/aromatic N) is 7. The van der Waals surface area contributed by atoms with Crippen LogP contribution in [0, 0.1) is 12.3 Å². The first-order chi connectivity index (χ1) is 33.0. The number of anilines is 4. The van der Waals surface area contributed by atoms with Gasteiger partial charge >= 0.3 is 0 Å². The van der Waals surface area contributed by atoms with Crippen LogP contribution in [0.25, 0.3) is 27.2 Å². The van der Waals surface area contributed by atoms with Gasteiger partial charge in [-0.05, 0) is 72.0 Å². The number of carbonyl (C=O) groups is 3. The number of benzene rings is 3. The van der Waals surface area contributed by atoms with Crippen molar-refractivity contribution in [2.24, 2.45) is 5.41 Å². The zero-order chi connectivity index (χ0) is 48.9. The van der Waals surface area contributed by atoms with E-state index in [1.54, 1.807) is 40.2 Å². The molecule has 0 saturated carbocycles. The minimum absolute atomic E-state index is 0.00715. The van der Waals surface area contributed by atoms with Gasteiger partial charge in [0, 0.05) is 74.9 Å². The fraction of sp³-hybridized carbons (Fsp3) is 0.388. The van der Waals surface area contributed by atoms with E-state index < -0.39 is 45.4 Å². The molecule has 0 aliphatic carbocycles. The molecule has 364 valence electrons. The SMILES string of the molecule is Cc1ncsc1-c1ccc(CNC(=O)[C@@H]2C[C@@H](O)CN2C(=O)[C@@H](NC(=O)COCCN2CCN(c3ccc(Nc4ncc5ccc(-c6cccc(NS(C)(=O)=O)c6)n5n4)cc3)CC2)C(C)(C)C)cc1. The number of ether oxygens (including phenoxy) is 1. The van der Waals surface area contributed by atoms with E-state index in [0.29, 0.717) is 24.8 Å². The number of hydrogen-bond donors (Lipinski definition) is 5. The van der Waals surface area contributed by atoms with Gasteiger partial charge in [-0.2, -0.15) is 0 Å². The molecule has 3 aromatic heterocycles. The van der Waals surface area contributed by atoms with E-state index in [-0.39, 0.29) is 32.0 Å². The Hall–Kier alpha value is -6.45. The summed E-state index contributed by atoms with van der Waals surface area (Å²) in [4.78, 5) is 56.7. The van der Waals surface area contributed by atoms with Crippen LogP contribution in [-0.4, -0.2) is 138 Å². The summed E-state index contributed by atoms with van der Waals surface area (Å²) in [6.45, 7) is 11.8. The number of aliphatic hydroxyl groups is 1. The average molecular weight is 978 g/mol. The Labute approximate surface area is 406 Å². The summed E-state index contributed by atoms with van der Waals surface area (Å²) in [5.41, 5.74) is 8.78. The van der Waals surface area contributed by atoms with Crippen LogP contribution in [-0.2, 0) is 35.7 Å². The second-order valence-electron chi connectivity index (χ2n) is 18.6. The van der Waals surface area contributed by atoms with E-state index in [4.69, 9.17) is 9.84 Å². The van der Waals surface area contributed by atoms with E-state index in [9.17, 15) is 27.9 Å². The molecule has 0 bridgehead atoms. The lowest BCUT2D eigenvalue weighted by molar-refractivity contribution is -0.144. The number of amides is 3. The van der Waals surface area contributed by atoms with Crippen molar-refractivity contribution in [3.8, 4) is 21.7 Å². The number of fused-ring (bicyclic) bond motifs is 1. The minimum atomic E-state index is -3.42. The van der Waals surface area contributed by atoms with E-state index >= 15 is 0 Å². The Morgan fingerprint density at radius 1 is 0.928 bits per heavy atom. The van der Waals surface area contributed by atoms with Crippen LogP contribution in [0.4, 0.5) is 23.0 Å². The third kappa shape index (κ3) is 12.4. The first-order valence-corrected chi connectivity index (χ1v) is 25.6. The number of nitrogens with one attached hydrogen (secondary N) is 4. The molecule has 0 radical (unpaired) electrons. The second-order valence-corrected chi connectivity index (χ2v) is 21.2. The van der Waals surface area contributed by atoms with Crippen molar-refractivity contribution in [1.29, 1.82) is 0 Å². The molecule has 20 heteroatoms. The number of piperazine rings is 1. The highest BCUT2D eigenvalue weighted by molar-refractivity contribution is 7.92. The number of hydrogen-bond acceptors (Lipinski definition) is 14.